The Kier molecular flexibility index (Phi) is 6.33. The molecule has 1 aliphatic rings. The maximum absolute atomic E-state index is 12.7. The number of aromatic nitrogens is 2. The number of hydrogen-bond acceptors (Lipinski definition) is 5. The van der Waals surface area contributed by atoms with Gasteiger partial charge in [0.25, 0.3) is 5.56 Å². The van der Waals surface area contributed by atoms with Crippen molar-refractivity contribution in [2.75, 3.05) is 12.4 Å². The molecule has 3 aromatic rings. The lowest BCUT2D eigenvalue weighted by molar-refractivity contribution is -0.00961. The molecule has 0 aliphatic heterocycles. The van der Waals surface area contributed by atoms with Gasteiger partial charge in [0.2, 0.25) is 0 Å². The van der Waals surface area contributed by atoms with Gasteiger partial charge < -0.3 is 9.84 Å². The zero-order valence-corrected chi connectivity index (χ0v) is 17.4. The highest BCUT2D eigenvalue weighted by Gasteiger charge is 2.21. The first kappa shape index (κ1) is 20.1. The van der Waals surface area contributed by atoms with Gasteiger partial charge in [0.15, 0.2) is 5.16 Å². The van der Waals surface area contributed by atoms with Gasteiger partial charge in [-0.1, -0.05) is 48.2 Å². The Labute approximate surface area is 174 Å². The van der Waals surface area contributed by atoms with Crippen molar-refractivity contribution in [3.05, 3.63) is 70.0 Å². The summed E-state index contributed by atoms with van der Waals surface area (Å²) in [6, 6.07) is 15.8. The summed E-state index contributed by atoms with van der Waals surface area (Å²) >= 11 is 1.40. The smallest absolute Gasteiger partial charge is 0.262 e. The number of thioether (sulfide) groups is 1. The number of aliphatic hydroxyl groups is 1. The normalized spacial score (nSPS) is 17.2. The number of rotatable bonds is 7. The second kappa shape index (κ2) is 9.11. The Morgan fingerprint density at radius 3 is 2.90 bits per heavy atom. The average molecular weight is 411 g/mol. The zero-order chi connectivity index (χ0) is 20.2. The van der Waals surface area contributed by atoms with E-state index in [0.717, 1.165) is 19.3 Å². The third-order valence-corrected chi connectivity index (χ3v) is 6.47. The standard InChI is InChI=1S/C23H26N2O3S/c1-2-25-22(27)19-11-5-6-12-20(19)24-23(25)29-15-17(26)14-28-21-13-7-9-16-8-3-4-10-18(16)21/h3-6,8,10-12,17,21,26H,2,7,9,13-15H2,1H3/t17-,21-/m1/s1. The summed E-state index contributed by atoms with van der Waals surface area (Å²) < 4.78 is 7.72. The summed E-state index contributed by atoms with van der Waals surface area (Å²) in [5, 5.41) is 11.7. The molecule has 5 nitrogen and oxygen atoms in total. The quantitative estimate of drug-likeness (QED) is 0.472. The number of aliphatic hydroxyl groups excluding tert-OH is 1. The summed E-state index contributed by atoms with van der Waals surface area (Å²) in [7, 11) is 0. The zero-order valence-electron chi connectivity index (χ0n) is 16.6. The van der Waals surface area contributed by atoms with Crippen LogP contribution < -0.4 is 5.56 Å². The minimum absolute atomic E-state index is 0.0369. The van der Waals surface area contributed by atoms with Gasteiger partial charge in [0.1, 0.15) is 0 Å². The first-order chi connectivity index (χ1) is 14.2. The molecule has 0 saturated heterocycles. The number of ether oxygens (including phenoxy) is 1. The van der Waals surface area contributed by atoms with Crippen molar-refractivity contribution in [3.63, 3.8) is 0 Å². The fourth-order valence-corrected chi connectivity index (χ4v) is 4.83. The molecule has 0 unspecified atom stereocenters. The number of hydrogen-bond donors (Lipinski definition) is 1. The van der Waals surface area contributed by atoms with Gasteiger partial charge in [-0.05, 0) is 49.4 Å². The van der Waals surface area contributed by atoms with Crippen molar-refractivity contribution >= 4 is 22.7 Å². The molecular weight excluding hydrogens is 384 g/mol. The van der Waals surface area contributed by atoms with Gasteiger partial charge in [0.05, 0.1) is 29.7 Å². The van der Waals surface area contributed by atoms with Gasteiger partial charge in [-0.2, -0.15) is 0 Å². The Hall–Kier alpha value is -2.15. The molecular formula is C23H26N2O3S. The van der Waals surface area contributed by atoms with Crippen molar-refractivity contribution in [3.8, 4) is 0 Å². The highest BCUT2D eigenvalue weighted by molar-refractivity contribution is 7.99. The summed E-state index contributed by atoms with van der Waals surface area (Å²) in [4.78, 5) is 17.3. The van der Waals surface area contributed by atoms with E-state index in [9.17, 15) is 9.90 Å². The van der Waals surface area contributed by atoms with Gasteiger partial charge in [-0.15, -0.1) is 0 Å². The molecule has 0 spiro atoms. The van der Waals surface area contributed by atoms with E-state index in [0.29, 0.717) is 28.4 Å². The van der Waals surface area contributed by atoms with Crippen LogP contribution in [0.1, 0.15) is 37.0 Å². The predicted octanol–water partition coefficient (Wildman–Crippen LogP) is 3.96. The molecule has 6 heteroatoms. The summed E-state index contributed by atoms with van der Waals surface area (Å²) in [5.74, 6) is 0.430. The van der Waals surface area contributed by atoms with Gasteiger partial charge in [-0.3, -0.25) is 9.36 Å². The largest absolute Gasteiger partial charge is 0.390 e. The molecule has 29 heavy (non-hydrogen) atoms. The highest BCUT2D eigenvalue weighted by atomic mass is 32.2. The molecule has 152 valence electrons. The molecule has 2 aromatic carbocycles. The molecule has 2 atom stereocenters. The maximum Gasteiger partial charge on any atom is 0.262 e. The second-order valence-corrected chi connectivity index (χ2v) is 8.33. The predicted molar refractivity (Wildman–Crippen MR) is 116 cm³/mol. The van der Waals surface area contributed by atoms with E-state index in [-0.39, 0.29) is 18.3 Å². The highest BCUT2D eigenvalue weighted by Crippen LogP contribution is 2.32. The molecule has 1 heterocycles. The summed E-state index contributed by atoms with van der Waals surface area (Å²) in [6.07, 6.45) is 2.61. The minimum atomic E-state index is -0.622. The van der Waals surface area contributed by atoms with Crippen molar-refractivity contribution < 1.29 is 9.84 Å². The number of fused-ring (bicyclic) bond motifs is 2. The van der Waals surface area contributed by atoms with Gasteiger partial charge in [-0.25, -0.2) is 4.98 Å². The van der Waals surface area contributed by atoms with E-state index < -0.39 is 6.10 Å². The van der Waals surface area contributed by atoms with E-state index in [1.54, 1.807) is 10.6 Å². The lowest BCUT2D eigenvalue weighted by Crippen LogP contribution is -2.25. The molecule has 1 aliphatic carbocycles. The van der Waals surface area contributed by atoms with Crippen molar-refractivity contribution in [2.24, 2.45) is 0 Å². The molecule has 0 radical (unpaired) electrons. The van der Waals surface area contributed by atoms with Gasteiger partial charge in [0, 0.05) is 12.3 Å². The number of benzene rings is 2. The van der Waals surface area contributed by atoms with E-state index in [2.05, 4.69) is 23.2 Å². The van der Waals surface area contributed by atoms with Crippen LogP contribution in [0.2, 0.25) is 0 Å². The first-order valence-corrected chi connectivity index (χ1v) is 11.2. The summed E-state index contributed by atoms with van der Waals surface area (Å²) in [5.41, 5.74) is 3.24. The lowest BCUT2D eigenvalue weighted by Gasteiger charge is -2.26. The van der Waals surface area contributed by atoms with Gasteiger partial charge >= 0.3 is 0 Å². The fraction of sp³-hybridized carbons (Fsp3) is 0.391. The van der Waals surface area contributed by atoms with Crippen LogP contribution in [0.4, 0.5) is 0 Å². The SMILES string of the molecule is CCn1c(SC[C@H](O)CO[C@@H]2CCCc3ccccc32)nc2ccccc2c1=O. The molecule has 0 amide bonds. The van der Waals surface area contributed by atoms with Crippen molar-refractivity contribution in [2.45, 2.75) is 50.1 Å². The van der Waals surface area contributed by atoms with Crippen LogP contribution in [0.3, 0.4) is 0 Å². The Bertz CT molecular complexity index is 1050. The Morgan fingerprint density at radius 2 is 2.03 bits per heavy atom. The third-order valence-electron chi connectivity index (χ3n) is 5.35. The van der Waals surface area contributed by atoms with Crippen molar-refractivity contribution in [1.29, 1.82) is 0 Å². The second-order valence-electron chi connectivity index (χ2n) is 7.34. The van der Waals surface area contributed by atoms with E-state index in [1.807, 2.05) is 31.2 Å². The van der Waals surface area contributed by atoms with Crippen LogP contribution in [0, 0.1) is 0 Å². The Balaban J connectivity index is 1.40. The van der Waals surface area contributed by atoms with Crippen LogP contribution in [0.25, 0.3) is 10.9 Å². The van der Waals surface area contributed by atoms with Crippen molar-refractivity contribution in [1.82, 2.24) is 9.55 Å². The number of para-hydroxylation sites is 1. The third kappa shape index (κ3) is 4.39. The van der Waals surface area contributed by atoms with E-state index >= 15 is 0 Å². The topological polar surface area (TPSA) is 64.3 Å². The van der Waals surface area contributed by atoms with Crippen LogP contribution in [-0.4, -0.2) is 33.1 Å². The summed E-state index contributed by atoms with van der Waals surface area (Å²) in [6.45, 7) is 2.75. The van der Waals surface area contributed by atoms with Crippen LogP contribution >= 0.6 is 11.8 Å². The molecule has 0 saturated carbocycles. The fourth-order valence-electron chi connectivity index (χ4n) is 3.87. The molecule has 0 fully saturated rings. The van der Waals surface area contributed by atoms with E-state index in [1.165, 1.54) is 22.9 Å². The van der Waals surface area contributed by atoms with Crippen LogP contribution in [-0.2, 0) is 17.7 Å². The monoisotopic (exact) mass is 410 g/mol. The van der Waals surface area contributed by atoms with Crippen LogP contribution in [0.5, 0.6) is 0 Å². The molecule has 1 aromatic heterocycles. The van der Waals surface area contributed by atoms with E-state index in [4.69, 9.17) is 4.74 Å². The number of nitrogens with zero attached hydrogens (tertiary/aromatic N) is 2. The molecule has 1 N–H and O–H groups in total. The maximum atomic E-state index is 12.7. The first-order valence-electron chi connectivity index (χ1n) is 10.2. The molecule has 4 rings (SSSR count). The lowest BCUT2D eigenvalue weighted by atomic mass is 9.89. The van der Waals surface area contributed by atoms with Crippen LogP contribution in [0.15, 0.2) is 58.5 Å². The molecule has 0 bridgehead atoms. The average Bonchev–Trinajstić information content (AvgIpc) is 2.76. The number of aryl methyl sites for hydroxylation is 1. The minimum Gasteiger partial charge on any atom is -0.390 e. The Morgan fingerprint density at radius 1 is 1.24 bits per heavy atom.